The first-order chi connectivity index (χ1) is 19.1. The smallest absolute Gasteiger partial charge is 0.406 e. The molecule has 0 aliphatic carbocycles. The summed E-state index contributed by atoms with van der Waals surface area (Å²) in [6.45, 7) is 14.3. The van der Waals surface area contributed by atoms with Crippen LogP contribution >= 0.6 is 0 Å². The van der Waals surface area contributed by atoms with Crippen molar-refractivity contribution < 1.29 is 22.3 Å². The van der Waals surface area contributed by atoms with Crippen molar-refractivity contribution in [3.8, 4) is 22.5 Å². The van der Waals surface area contributed by atoms with Crippen molar-refractivity contribution in [3.63, 3.8) is 0 Å². The van der Waals surface area contributed by atoms with Gasteiger partial charge in [-0.05, 0) is 38.5 Å². The van der Waals surface area contributed by atoms with Crippen molar-refractivity contribution in [2.24, 2.45) is 0 Å². The van der Waals surface area contributed by atoms with Crippen LogP contribution in [-0.2, 0) is 14.8 Å². The van der Waals surface area contributed by atoms with Crippen LogP contribution in [0.5, 0.6) is 0 Å². The number of nitrogens with zero attached hydrogens (tertiary/aromatic N) is 4. The van der Waals surface area contributed by atoms with Crippen LogP contribution in [0, 0.1) is 5.82 Å². The zero-order valence-electron chi connectivity index (χ0n) is 24.6. The largest absolute Gasteiger partial charge is 0.453 e. The number of rotatable bonds is 11. The molecule has 0 fully saturated rings. The van der Waals surface area contributed by atoms with Crippen molar-refractivity contribution in [3.05, 3.63) is 42.5 Å². The summed E-state index contributed by atoms with van der Waals surface area (Å²) in [6.07, 6.45) is 3.18. The lowest BCUT2D eigenvalue weighted by Crippen LogP contribution is -2.28. The first kappa shape index (κ1) is 34.3. The van der Waals surface area contributed by atoms with Gasteiger partial charge in [-0.15, -0.1) is 0 Å². The summed E-state index contributed by atoms with van der Waals surface area (Å²) in [5, 5.41) is 10.1. The van der Waals surface area contributed by atoms with E-state index in [2.05, 4.69) is 35.2 Å². The van der Waals surface area contributed by atoms with Crippen LogP contribution in [0.4, 0.5) is 20.8 Å². The summed E-state index contributed by atoms with van der Waals surface area (Å²) in [7, 11) is -2.40. The van der Waals surface area contributed by atoms with E-state index in [9.17, 15) is 13.2 Å². The lowest BCUT2D eigenvalue weighted by molar-refractivity contribution is 0.171. The lowest BCUT2D eigenvalue weighted by atomic mass is 10.0. The van der Waals surface area contributed by atoms with Crippen LogP contribution in [0.2, 0.25) is 0 Å². The third kappa shape index (κ3) is 9.78. The minimum atomic E-state index is -3.68. The van der Waals surface area contributed by atoms with Gasteiger partial charge < -0.3 is 15.4 Å². The summed E-state index contributed by atoms with van der Waals surface area (Å²) in [6, 6.07) is 6.15. The molecule has 0 unspecified atom stereocenters. The van der Waals surface area contributed by atoms with Gasteiger partial charge in [-0.25, -0.2) is 27.6 Å². The Balaban J connectivity index is 0.00000191. The molecule has 0 spiro atoms. The molecule has 222 valence electrons. The Labute approximate surface area is 237 Å². The third-order valence-corrected chi connectivity index (χ3v) is 6.52. The molecule has 3 aromatic rings. The number of hydrogen-bond acceptors (Lipinski definition) is 8. The highest BCUT2D eigenvalue weighted by Crippen LogP contribution is 2.35. The first-order valence-corrected chi connectivity index (χ1v) is 15.1. The number of nitrogens with one attached hydrogen (secondary N) is 3. The average molecular weight is 580 g/mol. The van der Waals surface area contributed by atoms with E-state index in [0.29, 0.717) is 42.4 Å². The number of anilines is 2. The summed E-state index contributed by atoms with van der Waals surface area (Å²) >= 11 is 0. The lowest BCUT2D eigenvalue weighted by Gasteiger charge is -2.11. The number of ether oxygens (including phenoxy) is 1. The molecule has 13 heteroatoms. The highest BCUT2D eigenvalue weighted by atomic mass is 32.2. The van der Waals surface area contributed by atoms with Crippen LogP contribution < -0.4 is 15.4 Å². The van der Waals surface area contributed by atoms with E-state index < -0.39 is 21.9 Å². The number of amides is 1. The van der Waals surface area contributed by atoms with Crippen molar-refractivity contribution >= 4 is 27.8 Å². The Morgan fingerprint density at radius 1 is 1.10 bits per heavy atom. The van der Waals surface area contributed by atoms with Gasteiger partial charge in [0.05, 0.1) is 24.2 Å². The molecule has 40 heavy (non-hydrogen) atoms. The molecule has 0 bridgehead atoms. The van der Waals surface area contributed by atoms with E-state index in [-0.39, 0.29) is 23.0 Å². The number of alkyl carbamates (subject to hydrolysis) is 1. The monoisotopic (exact) mass is 579 g/mol. The van der Waals surface area contributed by atoms with Crippen LogP contribution in [0.15, 0.2) is 36.7 Å². The van der Waals surface area contributed by atoms with E-state index in [4.69, 9.17) is 0 Å². The fraction of sp³-hybridized carbons (Fsp3) is 0.481. The fourth-order valence-corrected chi connectivity index (χ4v) is 4.46. The van der Waals surface area contributed by atoms with Gasteiger partial charge >= 0.3 is 6.09 Å². The minimum Gasteiger partial charge on any atom is -0.453 e. The molecule has 1 aromatic carbocycles. The zero-order valence-corrected chi connectivity index (χ0v) is 25.4. The summed E-state index contributed by atoms with van der Waals surface area (Å²) in [5.74, 6) is -0.534. The van der Waals surface area contributed by atoms with E-state index in [1.807, 2.05) is 41.5 Å². The fourth-order valence-electron chi connectivity index (χ4n) is 3.33. The van der Waals surface area contributed by atoms with Crippen LogP contribution in [0.3, 0.4) is 0 Å². The minimum absolute atomic E-state index is 0.0179. The molecule has 3 N–H and O–H groups in total. The SMILES string of the molecule is CC.CC.CCCS(=O)(=O)Nc1cccc(-c2nn(C(C)C)cc2-c2ccnc(NCCNC(=O)OC)n2)c1F. The number of hydrogen-bond donors (Lipinski definition) is 3. The Kier molecular flexibility index (Phi) is 14.6. The van der Waals surface area contributed by atoms with Gasteiger partial charge in [0.25, 0.3) is 0 Å². The molecule has 1 amide bonds. The number of carbonyl (C=O) groups excluding carboxylic acids is 1. The quantitative estimate of drug-likeness (QED) is 0.246. The maximum Gasteiger partial charge on any atom is 0.406 e. The number of methoxy groups -OCH3 is 1. The standard InChI is InChI=1S/C23H30FN7O4S.2C2H6/c1-5-13-36(33,34)30-19-8-6-7-16(20(19)24)21-17(14-31(29-21)15(2)3)18-9-10-25-22(28-18)26-11-12-27-23(32)35-4;2*1-2/h6-10,14-15,30H,5,11-13H2,1-4H3,(H,27,32)(H,25,26,28);2*1-2H3. The second-order valence-corrected chi connectivity index (χ2v) is 10.0. The number of aromatic nitrogens is 4. The van der Waals surface area contributed by atoms with Crippen molar-refractivity contribution in [1.29, 1.82) is 0 Å². The first-order valence-electron chi connectivity index (χ1n) is 13.4. The summed E-state index contributed by atoms with van der Waals surface area (Å²) < 4.78 is 48.5. The second kappa shape index (κ2) is 17.1. The molecule has 2 heterocycles. The Hall–Kier alpha value is -3.74. The predicted molar refractivity (Wildman–Crippen MR) is 158 cm³/mol. The van der Waals surface area contributed by atoms with Crippen molar-refractivity contribution in [2.75, 3.05) is 36.0 Å². The van der Waals surface area contributed by atoms with E-state index in [1.54, 1.807) is 42.2 Å². The molecule has 0 saturated carbocycles. The van der Waals surface area contributed by atoms with Gasteiger partial charge in [0.1, 0.15) is 5.69 Å². The van der Waals surface area contributed by atoms with Gasteiger partial charge in [0.2, 0.25) is 16.0 Å². The number of sulfonamides is 1. The van der Waals surface area contributed by atoms with Gasteiger partial charge in [0, 0.05) is 42.7 Å². The zero-order chi connectivity index (χ0) is 30.3. The van der Waals surface area contributed by atoms with Crippen LogP contribution in [0.1, 0.15) is 60.9 Å². The normalized spacial score (nSPS) is 10.6. The molecule has 2 aromatic heterocycles. The van der Waals surface area contributed by atoms with Gasteiger partial charge in [-0.3, -0.25) is 9.40 Å². The molecule has 0 radical (unpaired) electrons. The molecule has 0 aliphatic heterocycles. The molecule has 11 nitrogen and oxygen atoms in total. The second-order valence-electron chi connectivity index (χ2n) is 8.16. The number of benzene rings is 1. The Morgan fingerprint density at radius 2 is 1.80 bits per heavy atom. The summed E-state index contributed by atoms with van der Waals surface area (Å²) in [4.78, 5) is 19.9. The maximum atomic E-state index is 15.5. The Morgan fingerprint density at radius 3 is 2.42 bits per heavy atom. The topological polar surface area (TPSA) is 140 Å². The van der Waals surface area contributed by atoms with Gasteiger partial charge in [0.15, 0.2) is 5.82 Å². The van der Waals surface area contributed by atoms with Crippen molar-refractivity contribution in [2.45, 2.75) is 60.9 Å². The molecule has 0 atom stereocenters. The van der Waals surface area contributed by atoms with Crippen LogP contribution in [0.25, 0.3) is 22.5 Å². The predicted octanol–water partition coefficient (Wildman–Crippen LogP) is 5.70. The molecule has 0 aliphatic rings. The van der Waals surface area contributed by atoms with E-state index in [0.717, 1.165) is 0 Å². The average Bonchev–Trinajstić information content (AvgIpc) is 3.40. The highest BCUT2D eigenvalue weighted by Gasteiger charge is 2.22. The van der Waals surface area contributed by atoms with Gasteiger partial charge in [-0.1, -0.05) is 40.7 Å². The van der Waals surface area contributed by atoms with E-state index >= 15 is 4.39 Å². The summed E-state index contributed by atoms with van der Waals surface area (Å²) in [5.41, 5.74) is 1.35. The van der Waals surface area contributed by atoms with Crippen LogP contribution in [-0.4, -0.2) is 60.2 Å². The Bertz CT molecular complexity index is 1310. The molecule has 3 rings (SSSR count). The van der Waals surface area contributed by atoms with E-state index in [1.165, 1.54) is 13.2 Å². The third-order valence-electron chi connectivity index (χ3n) is 5.05. The maximum absolute atomic E-state index is 15.5. The van der Waals surface area contributed by atoms with Crippen molar-refractivity contribution in [1.82, 2.24) is 25.1 Å². The number of carbonyl (C=O) groups is 1. The van der Waals surface area contributed by atoms with Gasteiger partial charge in [-0.2, -0.15) is 5.10 Å². The number of halogens is 1. The molecule has 0 saturated heterocycles. The highest BCUT2D eigenvalue weighted by molar-refractivity contribution is 7.92. The molecular formula is C27H42FN7O4S. The molecular weight excluding hydrogens is 537 g/mol.